The summed E-state index contributed by atoms with van der Waals surface area (Å²) in [6.45, 7) is 3.98. The molecule has 0 saturated carbocycles. The molecule has 0 radical (unpaired) electrons. The van der Waals surface area contributed by atoms with Gasteiger partial charge < -0.3 is 11.1 Å². The van der Waals surface area contributed by atoms with Crippen LogP contribution < -0.4 is 11.1 Å². The largest absolute Gasteiger partial charge is 0.396 e. The molecule has 0 atom stereocenters. The Morgan fingerprint density at radius 2 is 2.00 bits per heavy atom. The number of halogens is 2. The van der Waals surface area contributed by atoms with Crippen LogP contribution in [0.5, 0.6) is 0 Å². The summed E-state index contributed by atoms with van der Waals surface area (Å²) < 4.78 is 26.2. The second-order valence-electron chi connectivity index (χ2n) is 4.33. The van der Waals surface area contributed by atoms with E-state index in [9.17, 15) is 13.6 Å². The Kier molecular flexibility index (Phi) is 4.43. The molecule has 0 aliphatic heterocycles. The Balaban J connectivity index is 2.68. The molecule has 0 aliphatic rings. The molecule has 3 nitrogen and oxygen atoms in total. The summed E-state index contributed by atoms with van der Waals surface area (Å²) in [4.78, 5) is 11.5. The van der Waals surface area contributed by atoms with E-state index in [0.717, 1.165) is 6.07 Å². The van der Waals surface area contributed by atoms with Crippen LogP contribution in [-0.4, -0.2) is 5.91 Å². The lowest BCUT2D eigenvalue weighted by molar-refractivity contribution is -0.116. The number of nitrogens with two attached hydrogens (primary N) is 1. The molecule has 1 aromatic rings. The molecule has 0 heterocycles. The van der Waals surface area contributed by atoms with Crippen molar-refractivity contribution in [1.82, 2.24) is 0 Å². The quantitative estimate of drug-likeness (QED) is 0.797. The van der Waals surface area contributed by atoms with E-state index < -0.39 is 11.6 Å². The fourth-order valence-corrected chi connectivity index (χ4v) is 1.29. The van der Waals surface area contributed by atoms with Crippen molar-refractivity contribution in [2.24, 2.45) is 5.92 Å². The average Bonchev–Trinajstić information content (AvgIpc) is 2.23. The van der Waals surface area contributed by atoms with Crippen LogP contribution in [0.25, 0.3) is 0 Å². The van der Waals surface area contributed by atoms with Crippen molar-refractivity contribution in [1.29, 1.82) is 0 Å². The van der Waals surface area contributed by atoms with Gasteiger partial charge in [0, 0.05) is 12.5 Å². The van der Waals surface area contributed by atoms with Crippen molar-refractivity contribution in [2.75, 3.05) is 11.1 Å². The molecule has 0 fully saturated rings. The van der Waals surface area contributed by atoms with Crippen LogP contribution in [0.4, 0.5) is 20.2 Å². The van der Waals surface area contributed by atoms with Crippen molar-refractivity contribution in [3.05, 3.63) is 23.8 Å². The fraction of sp³-hybridized carbons (Fsp3) is 0.417. The summed E-state index contributed by atoms with van der Waals surface area (Å²) in [6, 6.07) is 1.74. The highest BCUT2D eigenvalue weighted by molar-refractivity contribution is 5.91. The normalized spacial score (nSPS) is 10.6. The highest BCUT2D eigenvalue weighted by Gasteiger charge is 2.11. The molecule has 1 amide bonds. The van der Waals surface area contributed by atoms with Gasteiger partial charge in [0.2, 0.25) is 5.91 Å². The number of hydrogen-bond acceptors (Lipinski definition) is 2. The maximum absolute atomic E-state index is 13.3. The highest BCUT2D eigenvalue weighted by atomic mass is 19.1. The number of nitrogens with one attached hydrogen (secondary N) is 1. The van der Waals surface area contributed by atoms with Gasteiger partial charge in [-0.3, -0.25) is 4.79 Å². The number of anilines is 2. The molecule has 0 spiro atoms. The first-order valence-corrected chi connectivity index (χ1v) is 5.44. The van der Waals surface area contributed by atoms with Gasteiger partial charge in [0.05, 0.1) is 11.4 Å². The van der Waals surface area contributed by atoms with Gasteiger partial charge in [-0.05, 0) is 18.4 Å². The highest BCUT2D eigenvalue weighted by Crippen LogP contribution is 2.21. The molecule has 0 bridgehead atoms. The van der Waals surface area contributed by atoms with Crippen LogP contribution in [-0.2, 0) is 4.79 Å². The van der Waals surface area contributed by atoms with Crippen LogP contribution in [0.2, 0.25) is 0 Å². The number of carbonyl (C=O) groups is 1. The molecule has 1 aromatic carbocycles. The Bertz CT molecular complexity index is 419. The molecule has 3 N–H and O–H groups in total. The third-order valence-corrected chi connectivity index (χ3v) is 2.31. The number of amides is 1. The first kappa shape index (κ1) is 13.4. The predicted octanol–water partition coefficient (Wildman–Crippen LogP) is 2.92. The number of nitrogen functional groups attached to an aromatic ring is 1. The van der Waals surface area contributed by atoms with Crippen LogP contribution >= 0.6 is 0 Å². The number of carbonyl (C=O) groups excluding carboxylic acids is 1. The molecular weight excluding hydrogens is 226 g/mol. The minimum atomic E-state index is -0.831. The van der Waals surface area contributed by atoms with E-state index >= 15 is 0 Å². The SMILES string of the molecule is CC(C)CCC(=O)Nc1cc(N)c(F)cc1F. The van der Waals surface area contributed by atoms with Crippen LogP contribution in [0.3, 0.4) is 0 Å². The standard InChI is InChI=1S/C12H16F2N2O/c1-7(2)3-4-12(17)16-11-6-10(15)8(13)5-9(11)14/h5-7H,3-4,15H2,1-2H3,(H,16,17). The Hall–Kier alpha value is -1.65. The van der Waals surface area contributed by atoms with Crippen LogP contribution in [0.15, 0.2) is 12.1 Å². The summed E-state index contributed by atoms with van der Waals surface area (Å²) in [5.74, 6) is -1.57. The Morgan fingerprint density at radius 3 is 2.59 bits per heavy atom. The van der Waals surface area contributed by atoms with E-state index in [4.69, 9.17) is 5.73 Å². The first-order valence-electron chi connectivity index (χ1n) is 5.44. The Labute approximate surface area is 99.0 Å². The third-order valence-electron chi connectivity index (χ3n) is 2.31. The van der Waals surface area contributed by atoms with Crippen LogP contribution in [0.1, 0.15) is 26.7 Å². The van der Waals surface area contributed by atoms with Gasteiger partial charge in [0.25, 0.3) is 0 Å². The minimum Gasteiger partial charge on any atom is -0.396 e. The van der Waals surface area contributed by atoms with Gasteiger partial charge in [0.1, 0.15) is 11.6 Å². The summed E-state index contributed by atoms with van der Waals surface area (Å²) in [6.07, 6.45) is 1.01. The smallest absolute Gasteiger partial charge is 0.224 e. The molecule has 94 valence electrons. The van der Waals surface area contributed by atoms with Crippen molar-refractivity contribution >= 4 is 17.3 Å². The van der Waals surface area contributed by atoms with Crippen LogP contribution in [0, 0.1) is 17.6 Å². The van der Waals surface area contributed by atoms with Gasteiger partial charge in [-0.2, -0.15) is 0 Å². The van der Waals surface area contributed by atoms with Crippen molar-refractivity contribution in [3.63, 3.8) is 0 Å². The van der Waals surface area contributed by atoms with E-state index in [1.54, 1.807) is 0 Å². The van der Waals surface area contributed by atoms with Gasteiger partial charge in [0.15, 0.2) is 0 Å². The average molecular weight is 242 g/mol. The molecule has 5 heteroatoms. The lowest BCUT2D eigenvalue weighted by Gasteiger charge is -2.08. The molecular formula is C12H16F2N2O. The molecule has 0 unspecified atom stereocenters. The van der Waals surface area contributed by atoms with Gasteiger partial charge in [-0.15, -0.1) is 0 Å². The minimum absolute atomic E-state index is 0.0855. The molecule has 0 aromatic heterocycles. The number of benzene rings is 1. The van der Waals surface area contributed by atoms with Crippen molar-refractivity contribution in [2.45, 2.75) is 26.7 Å². The number of hydrogen-bond donors (Lipinski definition) is 2. The summed E-state index contributed by atoms with van der Waals surface area (Å²) in [5, 5.41) is 2.37. The lowest BCUT2D eigenvalue weighted by atomic mass is 10.1. The zero-order chi connectivity index (χ0) is 13.0. The number of rotatable bonds is 4. The van der Waals surface area contributed by atoms with Gasteiger partial charge >= 0.3 is 0 Å². The second kappa shape index (κ2) is 5.61. The zero-order valence-electron chi connectivity index (χ0n) is 9.89. The van der Waals surface area contributed by atoms with Crippen molar-refractivity contribution in [3.8, 4) is 0 Å². The van der Waals surface area contributed by atoms with Gasteiger partial charge in [-0.25, -0.2) is 8.78 Å². The van der Waals surface area contributed by atoms with E-state index in [1.165, 1.54) is 0 Å². The molecule has 17 heavy (non-hydrogen) atoms. The monoisotopic (exact) mass is 242 g/mol. The maximum atomic E-state index is 13.3. The summed E-state index contributed by atoms with van der Waals surface area (Å²) in [7, 11) is 0. The fourth-order valence-electron chi connectivity index (χ4n) is 1.29. The maximum Gasteiger partial charge on any atom is 0.224 e. The third kappa shape index (κ3) is 4.01. The molecule has 0 saturated heterocycles. The van der Waals surface area contributed by atoms with E-state index in [2.05, 4.69) is 5.32 Å². The van der Waals surface area contributed by atoms with E-state index in [-0.39, 0.29) is 17.3 Å². The second-order valence-corrected chi connectivity index (χ2v) is 4.33. The van der Waals surface area contributed by atoms with E-state index in [1.807, 2.05) is 13.8 Å². The lowest BCUT2D eigenvalue weighted by Crippen LogP contribution is -2.13. The molecule has 0 aliphatic carbocycles. The van der Waals surface area contributed by atoms with Crippen molar-refractivity contribution < 1.29 is 13.6 Å². The van der Waals surface area contributed by atoms with Gasteiger partial charge in [-0.1, -0.05) is 13.8 Å². The topological polar surface area (TPSA) is 55.1 Å². The first-order chi connectivity index (χ1) is 7.90. The van der Waals surface area contributed by atoms with E-state index in [0.29, 0.717) is 24.8 Å². The summed E-state index contributed by atoms with van der Waals surface area (Å²) in [5.41, 5.74) is 5.02. The molecule has 1 rings (SSSR count). The zero-order valence-corrected chi connectivity index (χ0v) is 9.89. The Morgan fingerprint density at radius 1 is 1.35 bits per heavy atom. The predicted molar refractivity (Wildman–Crippen MR) is 63.5 cm³/mol. The summed E-state index contributed by atoms with van der Waals surface area (Å²) >= 11 is 0.